The number of nitrogens with zero attached hydrogens (tertiary/aromatic N) is 1. The van der Waals surface area contributed by atoms with Crippen LogP contribution >= 0.6 is 11.6 Å². The van der Waals surface area contributed by atoms with E-state index in [-0.39, 0.29) is 0 Å². The van der Waals surface area contributed by atoms with Crippen LogP contribution in [-0.4, -0.2) is 0 Å². The summed E-state index contributed by atoms with van der Waals surface area (Å²) in [7, 11) is 0. The van der Waals surface area contributed by atoms with Gasteiger partial charge in [0, 0.05) is 12.8 Å². The van der Waals surface area contributed by atoms with Gasteiger partial charge in [0.15, 0.2) is 0 Å². The molecule has 0 aliphatic carbocycles. The van der Waals surface area contributed by atoms with Gasteiger partial charge in [-0.15, -0.1) is 11.6 Å². The van der Waals surface area contributed by atoms with Crippen molar-refractivity contribution in [3.63, 3.8) is 0 Å². The molecule has 2 heteroatoms. The lowest BCUT2D eigenvalue weighted by molar-refractivity contribution is 1.41. The highest BCUT2D eigenvalue weighted by atomic mass is 35.5. The summed E-state index contributed by atoms with van der Waals surface area (Å²) >= 11 is 5.53. The van der Waals surface area contributed by atoms with E-state index in [1.54, 1.807) is 6.07 Å². The lowest BCUT2D eigenvalue weighted by atomic mass is 10.2. The first-order chi connectivity index (χ1) is 5.35. The lowest BCUT2D eigenvalue weighted by Crippen LogP contribution is -1.71. The molecule has 0 amide bonds. The van der Waals surface area contributed by atoms with Gasteiger partial charge in [-0.1, -0.05) is 30.3 Å². The zero-order chi connectivity index (χ0) is 8.53. The Bertz CT molecular complexity index is 213. The van der Waals surface area contributed by atoms with Gasteiger partial charge in [0.1, 0.15) is 0 Å². The highest BCUT2D eigenvalue weighted by Crippen LogP contribution is 2.00. The number of hydrogen-bond donors (Lipinski definition) is 0. The van der Waals surface area contributed by atoms with Crippen LogP contribution in [0.2, 0.25) is 0 Å². The number of nitriles is 1. The Kier molecular flexibility index (Phi) is 6.46. The number of hydrogen-bond acceptors (Lipinski definition) is 1. The average molecular weight is 168 g/mol. The summed E-state index contributed by atoms with van der Waals surface area (Å²) in [6.45, 7) is 1.43. The van der Waals surface area contributed by atoms with E-state index >= 15 is 0 Å². The third-order valence-corrected chi connectivity index (χ3v) is 1.31. The van der Waals surface area contributed by atoms with Crippen molar-refractivity contribution in [3.8, 4) is 6.07 Å². The van der Waals surface area contributed by atoms with Crippen molar-refractivity contribution in [1.82, 2.24) is 0 Å². The van der Waals surface area contributed by atoms with Gasteiger partial charge in [-0.25, -0.2) is 0 Å². The fraction of sp³-hybridized carbons (Fsp3) is 0.222. The van der Waals surface area contributed by atoms with E-state index in [0.717, 1.165) is 0 Å². The normalized spacial score (nSPS) is 7.36. The van der Waals surface area contributed by atoms with Gasteiger partial charge in [-0.2, -0.15) is 5.26 Å². The molecule has 0 aromatic heterocycles. The van der Waals surface area contributed by atoms with Gasteiger partial charge < -0.3 is 0 Å². The van der Waals surface area contributed by atoms with Crippen molar-refractivity contribution in [2.45, 2.75) is 12.8 Å². The lowest BCUT2D eigenvalue weighted by Gasteiger charge is -1.88. The van der Waals surface area contributed by atoms with Crippen LogP contribution in [-0.2, 0) is 5.88 Å². The Morgan fingerprint density at radius 1 is 1.36 bits per heavy atom. The van der Waals surface area contributed by atoms with Crippen LogP contribution in [0.4, 0.5) is 0 Å². The number of alkyl halides is 1. The molecule has 0 saturated heterocycles. The molecule has 0 unspecified atom stereocenters. The van der Waals surface area contributed by atoms with Crippen molar-refractivity contribution in [2.24, 2.45) is 0 Å². The topological polar surface area (TPSA) is 23.8 Å². The Morgan fingerprint density at radius 3 is 2.09 bits per heavy atom. The summed E-state index contributed by atoms with van der Waals surface area (Å²) < 4.78 is 0. The van der Waals surface area contributed by atoms with Crippen LogP contribution in [0.25, 0.3) is 0 Å². The van der Waals surface area contributed by atoms with Crippen LogP contribution in [0.3, 0.4) is 0 Å². The van der Waals surface area contributed by atoms with Crippen molar-refractivity contribution in [2.75, 3.05) is 0 Å². The van der Waals surface area contributed by atoms with E-state index in [9.17, 15) is 0 Å². The molecule has 0 radical (unpaired) electrons. The highest BCUT2D eigenvalue weighted by molar-refractivity contribution is 6.17. The van der Waals surface area contributed by atoms with Crippen LogP contribution in [0.5, 0.6) is 0 Å². The maximum Gasteiger partial charge on any atom is 0.0587 e. The Labute approximate surface area is 72.2 Å². The number of benzene rings is 1. The minimum Gasteiger partial charge on any atom is -0.199 e. The maximum atomic E-state index is 7.32. The first kappa shape index (κ1) is 10.0. The molecule has 1 nitrogen and oxygen atoms in total. The molecule has 58 valence electrons. The molecule has 0 bridgehead atoms. The summed E-state index contributed by atoms with van der Waals surface area (Å²) in [4.78, 5) is 0. The summed E-state index contributed by atoms with van der Waals surface area (Å²) in [6, 6.07) is 11.7. The van der Waals surface area contributed by atoms with E-state index in [1.165, 1.54) is 12.5 Å². The van der Waals surface area contributed by atoms with Crippen molar-refractivity contribution in [3.05, 3.63) is 35.9 Å². The Morgan fingerprint density at radius 2 is 1.82 bits per heavy atom. The maximum absolute atomic E-state index is 7.32. The average Bonchev–Trinajstić information content (AvgIpc) is 2.08. The molecule has 0 spiro atoms. The van der Waals surface area contributed by atoms with Crippen LogP contribution < -0.4 is 0 Å². The van der Waals surface area contributed by atoms with E-state index in [1.807, 2.05) is 30.3 Å². The number of halogens is 1. The summed E-state index contributed by atoms with van der Waals surface area (Å²) in [5, 5.41) is 7.32. The largest absolute Gasteiger partial charge is 0.199 e. The fourth-order valence-corrected chi connectivity index (χ4v) is 0.745. The molecule has 0 aliphatic rings. The predicted molar refractivity (Wildman–Crippen MR) is 47.3 cm³/mol. The molecule has 1 aromatic carbocycles. The molecule has 0 heterocycles. The van der Waals surface area contributed by atoms with Crippen LogP contribution in [0.1, 0.15) is 12.5 Å². The molecule has 0 fully saturated rings. The third-order valence-electron chi connectivity index (χ3n) is 0.997. The molecule has 11 heavy (non-hydrogen) atoms. The van der Waals surface area contributed by atoms with E-state index < -0.39 is 0 Å². The molecule has 0 aliphatic heterocycles. The van der Waals surface area contributed by atoms with Crippen molar-refractivity contribution < 1.29 is 0 Å². The second kappa shape index (κ2) is 7.11. The quantitative estimate of drug-likeness (QED) is 0.590. The summed E-state index contributed by atoms with van der Waals surface area (Å²) in [5.74, 6) is 0.612. The van der Waals surface area contributed by atoms with Crippen molar-refractivity contribution >= 4 is 11.6 Å². The number of rotatable bonds is 1. The van der Waals surface area contributed by atoms with E-state index in [2.05, 4.69) is 0 Å². The van der Waals surface area contributed by atoms with E-state index in [4.69, 9.17) is 16.9 Å². The van der Waals surface area contributed by atoms with Gasteiger partial charge in [0.2, 0.25) is 0 Å². The Balaban J connectivity index is 0.000000292. The zero-order valence-corrected chi connectivity index (χ0v) is 7.17. The molecule has 0 atom stereocenters. The third kappa shape index (κ3) is 5.44. The van der Waals surface area contributed by atoms with Gasteiger partial charge in [0.25, 0.3) is 0 Å². The summed E-state index contributed by atoms with van der Waals surface area (Å²) in [5.41, 5.74) is 1.18. The molecule has 0 saturated carbocycles. The zero-order valence-electron chi connectivity index (χ0n) is 6.42. The molecule has 0 N–H and O–H groups in total. The fourth-order valence-electron chi connectivity index (χ4n) is 0.567. The van der Waals surface area contributed by atoms with Gasteiger partial charge in [-0.05, 0) is 5.56 Å². The van der Waals surface area contributed by atoms with Crippen LogP contribution in [0, 0.1) is 11.3 Å². The molecule has 1 aromatic rings. The smallest absolute Gasteiger partial charge is 0.0587 e. The predicted octanol–water partition coefficient (Wildman–Crippen LogP) is 2.96. The SMILES string of the molecule is CC#N.ClCc1ccccc1. The molecular weight excluding hydrogens is 158 g/mol. The van der Waals surface area contributed by atoms with Gasteiger partial charge in [-0.3, -0.25) is 0 Å². The van der Waals surface area contributed by atoms with Gasteiger partial charge >= 0.3 is 0 Å². The second-order valence-electron chi connectivity index (χ2n) is 1.84. The van der Waals surface area contributed by atoms with Gasteiger partial charge in [0.05, 0.1) is 6.07 Å². The molecule has 1 rings (SSSR count). The first-order valence-corrected chi connectivity index (χ1v) is 3.79. The standard InChI is InChI=1S/C7H7Cl.C2H3N/c8-6-7-4-2-1-3-5-7;1-2-3/h1-5H,6H2;1H3. The second-order valence-corrected chi connectivity index (χ2v) is 2.11. The summed E-state index contributed by atoms with van der Waals surface area (Å²) in [6.07, 6.45) is 0. The highest BCUT2D eigenvalue weighted by Gasteiger charge is 1.81. The van der Waals surface area contributed by atoms with Crippen LogP contribution in [0.15, 0.2) is 30.3 Å². The molecular formula is C9H10ClN. The van der Waals surface area contributed by atoms with E-state index in [0.29, 0.717) is 5.88 Å². The van der Waals surface area contributed by atoms with Crippen molar-refractivity contribution in [1.29, 1.82) is 5.26 Å². The first-order valence-electron chi connectivity index (χ1n) is 3.26. The Hall–Kier alpha value is -1.00. The monoisotopic (exact) mass is 167 g/mol. The minimum absolute atomic E-state index is 0.612. The minimum atomic E-state index is 0.612.